The van der Waals surface area contributed by atoms with Crippen LogP contribution in [0.4, 0.5) is 4.79 Å². The predicted molar refractivity (Wildman–Crippen MR) is 125 cm³/mol. The summed E-state index contributed by atoms with van der Waals surface area (Å²) in [5, 5.41) is 12.3. The van der Waals surface area contributed by atoms with E-state index in [-0.39, 0.29) is 38.0 Å². The summed E-state index contributed by atoms with van der Waals surface area (Å²) in [7, 11) is 1.45. The van der Waals surface area contributed by atoms with Crippen molar-refractivity contribution in [3.05, 3.63) is 59.7 Å². The molecule has 4 rings (SSSR count). The number of alkyl carbamates (subject to hydrolysis) is 1. The van der Waals surface area contributed by atoms with Gasteiger partial charge in [0, 0.05) is 38.6 Å². The zero-order valence-electron chi connectivity index (χ0n) is 19.5. The molecule has 1 heterocycles. The Bertz CT molecular complexity index is 1040. The number of hydrogen-bond donors (Lipinski definition) is 2. The van der Waals surface area contributed by atoms with Crippen LogP contribution in [-0.2, 0) is 19.1 Å². The minimum atomic E-state index is -1.08. The molecule has 2 N–H and O–H groups in total. The van der Waals surface area contributed by atoms with Crippen LogP contribution in [0.2, 0.25) is 0 Å². The fourth-order valence-corrected chi connectivity index (χ4v) is 5.00. The molecule has 0 radical (unpaired) electrons. The third kappa shape index (κ3) is 4.63. The van der Waals surface area contributed by atoms with Crippen molar-refractivity contribution in [2.24, 2.45) is 5.41 Å². The number of amides is 2. The maximum Gasteiger partial charge on any atom is 0.407 e. The summed E-state index contributed by atoms with van der Waals surface area (Å²) in [5.41, 5.74) is 3.50. The summed E-state index contributed by atoms with van der Waals surface area (Å²) in [6, 6.07) is 15.8. The monoisotopic (exact) mass is 466 g/mol. The van der Waals surface area contributed by atoms with Gasteiger partial charge < -0.3 is 24.8 Å². The van der Waals surface area contributed by atoms with Crippen LogP contribution in [0, 0.1) is 5.41 Å². The van der Waals surface area contributed by atoms with Gasteiger partial charge in [0.15, 0.2) is 0 Å². The van der Waals surface area contributed by atoms with Gasteiger partial charge in [-0.1, -0.05) is 48.5 Å². The molecule has 0 saturated carbocycles. The van der Waals surface area contributed by atoms with Crippen molar-refractivity contribution < 1.29 is 29.0 Å². The lowest BCUT2D eigenvalue weighted by atomic mass is 9.88. The molecule has 2 aliphatic rings. The van der Waals surface area contributed by atoms with E-state index < -0.39 is 23.5 Å². The average molecular weight is 467 g/mol. The number of nitrogens with zero attached hydrogens (tertiary/aromatic N) is 1. The van der Waals surface area contributed by atoms with E-state index in [1.807, 2.05) is 24.3 Å². The number of methoxy groups -OCH3 is 1. The zero-order chi connectivity index (χ0) is 24.3. The Morgan fingerprint density at radius 2 is 1.74 bits per heavy atom. The highest BCUT2D eigenvalue weighted by Gasteiger charge is 2.46. The fraction of sp³-hybridized carbons (Fsp3) is 0.423. The molecule has 8 nitrogen and oxygen atoms in total. The smallest absolute Gasteiger partial charge is 0.407 e. The van der Waals surface area contributed by atoms with Crippen molar-refractivity contribution in [3.63, 3.8) is 0 Å². The standard InChI is InChI=1S/C26H30N2O6/c1-17(13-23(29)28-12-11-26(15-28,16-33-2)24(30)31)27-25(32)34-14-22-20-9-5-3-7-18(20)19-8-4-6-10-21(19)22/h3-10,17,22H,11-16H2,1-2H3,(H,27,32)(H,30,31). The second-order valence-electron chi connectivity index (χ2n) is 9.16. The number of benzene rings is 2. The molecular weight excluding hydrogens is 436 g/mol. The highest BCUT2D eigenvalue weighted by Crippen LogP contribution is 2.44. The van der Waals surface area contributed by atoms with Crippen LogP contribution in [-0.4, -0.2) is 67.4 Å². The molecule has 2 amide bonds. The van der Waals surface area contributed by atoms with Crippen molar-refractivity contribution in [2.75, 3.05) is 33.4 Å². The van der Waals surface area contributed by atoms with Gasteiger partial charge in [0.1, 0.15) is 12.0 Å². The van der Waals surface area contributed by atoms with Crippen LogP contribution in [0.15, 0.2) is 48.5 Å². The number of carboxylic acid groups (broad SMARTS) is 1. The van der Waals surface area contributed by atoms with Gasteiger partial charge in [0.25, 0.3) is 0 Å². The van der Waals surface area contributed by atoms with Gasteiger partial charge in [0.05, 0.1) is 6.61 Å². The number of rotatable bonds is 8. The van der Waals surface area contributed by atoms with Crippen molar-refractivity contribution in [1.29, 1.82) is 0 Å². The molecule has 1 saturated heterocycles. The highest BCUT2D eigenvalue weighted by atomic mass is 16.5. The molecule has 34 heavy (non-hydrogen) atoms. The third-order valence-electron chi connectivity index (χ3n) is 6.77. The van der Waals surface area contributed by atoms with Crippen LogP contribution in [0.1, 0.15) is 36.8 Å². The van der Waals surface area contributed by atoms with E-state index in [1.165, 1.54) is 12.0 Å². The molecule has 2 unspecified atom stereocenters. The molecule has 1 aliphatic heterocycles. The second kappa shape index (κ2) is 9.85. The lowest BCUT2D eigenvalue weighted by Gasteiger charge is -2.24. The Labute approximate surface area is 198 Å². The molecule has 2 atom stereocenters. The maximum absolute atomic E-state index is 12.7. The fourth-order valence-electron chi connectivity index (χ4n) is 5.00. The van der Waals surface area contributed by atoms with Crippen LogP contribution in [0.25, 0.3) is 11.1 Å². The van der Waals surface area contributed by atoms with E-state index in [1.54, 1.807) is 6.92 Å². The van der Waals surface area contributed by atoms with Gasteiger partial charge in [-0.15, -0.1) is 0 Å². The Kier molecular flexibility index (Phi) is 6.88. The number of carboxylic acids is 1. The normalized spacial score (nSPS) is 19.9. The second-order valence-corrected chi connectivity index (χ2v) is 9.16. The number of nitrogens with one attached hydrogen (secondary N) is 1. The van der Waals surface area contributed by atoms with Crippen LogP contribution >= 0.6 is 0 Å². The minimum absolute atomic E-state index is 0.0374. The molecular formula is C26H30N2O6. The van der Waals surface area contributed by atoms with Crippen molar-refractivity contribution in [2.45, 2.75) is 31.7 Å². The van der Waals surface area contributed by atoms with Gasteiger partial charge in [0.2, 0.25) is 5.91 Å². The lowest BCUT2D eigenvalue weighted by molar-refractivity contribution is -0.151. The van der Waals surface area contributed by atoms with E-state index in [0.29, 0.717) is 13.0 Å². The first kappa shape index (κ1) is 23.8. The van der Waals surface area contributed by atoms with Crippen molar-refractivity contribution in [1.82, 2.24) is 10.2 Å². The summed E-state index contributed by atoms with van der Waals surface area (Å²) in [5.74, 6) is -1.20. The molecule has 2 aromatic rings. The Balaban J connectivity index is 1.30. The van der Waals surface area contributed by atoms with E-state index in [2.05, 4.69) is 29.6 Å². The predicted octanol–water partition coefficient (Wildman–Crippen LogP) is 3.25. The van der Waals surface area contributed by atoms with E-state index in [9.17, 15) is 19.5 Å². The Hall–Kier alpha value is -3.39. The molecule has 0 spiro atoms. The Morgan fingerprint density at radius 3 is 2.32 bits per heavy atom. The molecule has 0 aromatic heterocycles. The Morgan fingerprint density at radius 1 is 1.12 bits per heavy atom. The summed E-state index contributed by atoms with van der Waals surface area (Å²) >= 11 is 0. The molecule has 1 aliphatic carbocycles. The summed E-state index contributed by atoms with van der Waals surface area (Å²) in [4.78, 5) is 38.4. The van der Waals surface area contributed by atoms with Gasteiger partial charge in [-0.2, -0.15) is 0 Å². The number of hydrogen-bond acceptors (Lipinski definition) is 5. The largest absolute Gasteiger partial charge is 0.481 e. The number of carbonyl (C=O) groups excluding carboxylic acids is 2. The van der Waals surface area contributed by atoms with E-state index in [4.69, 9.17) is 9.47 Å². The van der Waals surface area contributed by atoms with Gasteiger partial charge in [-0.25, -0.2) is 4.79 Å². The van der Waals surface area contributed by atoms with E-state index in [0.717, 1.165) is 22.3 Å². The minimum Gasteiger partial charge on any atom is -0.481 e. The molecule has 1 fully saturated rings. The first-order valence-electron chi connectivity index (χ1n) is 11.5. The molecule has 8 heteroatoms. The molecule has 180 valence electrons. The van der Waals surface area contributed by atoms with E-state index >= 15 is 0 Å². The number of ether oxygens (including phenoxy) is 2. The van der Waals surface area contributed by atoms with Crippen LogP contribution < -0.4 is 5.32 Å². The quantitative estimate of drug-likeness (QED) is 0.619. The number of carbonyl (C=O) groups is 3. The number of likely N-dealkylation sites (tertiary alicyclic amines) is 1. The summed E-state index contributed by atoms with van der Waals surface area (Å²) in [6.07, 6.45) is -0.175. The average Bonchev–Trinajstić information content (AvgIpc) is 3.39. The SMILES string of the molecule is COCC1(C(=O)O)CCN(C(=O)CC(C)NC(=O)OCC2c3ccccc3-c3ccccc32)C1. The van der Waals surface area contributed by atoms with Gasteiger partial charge in [-0.3, -0.25) is 9.59 Å². The topological polar surface area (TPSA) is 105 Å². The number of aliphatic carboxylic acids is 1. The van der Waals surface area contributed by atoms with Gasteiger partial charge >= 0.3 is 12.1 Å². The lowest BCUT2D eigenvalue weighted by Crippen LogP contribution is -2.42. The third-order valence-corrected chi connectivity index (χ3v) is 6.77. The van der Waals surface area contributed by atoms with Crippen LogP contribution in [0.3, 0.4) is 0 Å². The first-order valence-corrected chi connectivity index (χ1v) is 11.5. The highest BCUT2D eigenvalue weighted by molar-refractivity contribution is 5.82. The van der Waals surface area contributed by atoms with Crippen LogP contribution in [0.5, 0.6) is 0 Å². The molecule has 2 aromatic carbocycles. The maximum atomic E-state index is 12.7. The summed E-state index contributed by atoms with van der Waals surface area (Å²) in [6.45, 7) is 2.44. The van der Waals surface area contributed by atoms with Crippen molar-refractivity contribution in [3.8, 4) is 11.1 Å². The summed E-state index contributed by atoms with van der Waals surface area (Å²) < 4.78 is 10.6. The first-order chi connectivity index (χ1) is 16.3. The number of fused-ring (bicyclic) bond motifs is 3. The zero-order valence-corrected chi connectivity index (χ0v) is 19.5. The van der Waals surface area contributed by atoms with Gasteiger partial charge in [-0.05, 0) is 35.6 Å². The van der Waals surface area contributed by atoms with Crippen molar-refractivity contribution >= 4 is 18.0 Å². The molecule has 0 bridgehead atoms.